The number of halogens is 2. The van der Waals surface area contributed by atoms with Crippen LogP contribution in [0.15, 0.2) is 34.8 Å². The highest BCUT2D eigenvalue weighted by atomic mass is 35.5. The Morgan fingerprint density at radius 3 is 2.57 bits per heavy atom. The van der Waals surface area contributed by atoms with Gasteiger partial charge in [0.1, 0.15) is 10.2 Å². The standard InChI is InChI=1S/C14H14Cl2N2O3/c1-14(2)8(7-11(15)16)12(14)13(19)17-9-5-3-4-6-10(9)18(20)21/h3-8,12H,1-2H3,(H,17,19). The lowest BCUT2D eigenvalue weighted by Crippen LogP contribution is -2.17. The number of amides is 1. The average Bonchev–Trinajstić information content (AvgIpc) is 2.90. The molecule has 21 heavy (non-hydrogen) atoms. The van der Waals surface area contributed by atoms with Crippen LogP contribution in [0.4, 0.5) is 11.4 Å². The first-order valence-corrected chi connectivity index (χ1v) is 7.08. The van der Waals surface area contributed by atoms with Crippen molar-refractivity contribution < 1.29 is 9.72 Å². The molecule has 1 aromatic rings. The number of rotatable bonds is 4. The van der Waals surface area contributed by atoms with Gasteiger partial charge in [-0.25, -0.2) is 0 Å². The van der Waals surface area contributed by atoms with Gasteiger partial charge in [-0.15, -0.1) is 0 Å². The van der Waals surface area contributed by atoms with E-state index < -0.39 is 4.92 Å². The fourth-order valence-electron chi connectivity index (χ4n) is 2.57. The highest BCUT2D eigenvalue weighted by molar-refractivity contribution is 6.55. The molecule has 5 nitrogen and oxygen atoms in total. The molecule has 0 heterocycles. The number of benzene rings is 1. The lowest BCUT2D eigenvalue weighted by Gasteiger charge is -2.06. The maximum atomic E-state index is 12.3. The Balaban J connectivity index is 2.17. The highest BCUT2D eigenvalue weighted by Crippen LogP contribution is 2.60. The molecule has 0 aromatic heterocycles. The second kappa shape index (κ2) is 5.66. The number of allylic oxidation sites excluding steroid dienone is 1. The summed E-state index contributed by atoms with van der Waals surface area (Å²) in [6, 6.07) is 6.03. The first-order valence-electron chi connectivity index (χ1n) is 6.32. The van der Waals surface area contributed by atoms with Crippen molar-refractivity contribution in [3.8, 4) is 0 Å². The molecule has 1 amide bonds. The third kappa shape index (κ3) is 3.19. The maximum absolute atomic E-state index is 12.3. The number of carbonyl (C=O) groups is 1. The van der Waals surface area contributed by atoms with Crippen LogP contribution in [0.2, 0.25) is 0 Å². The molecule has 1 aliphatic carbocycles. The molecule has 1 aromatic carbocycles. The van der Waals surface area contributed by atoms with E-state index in [2.05, 4.69) is 5.32 Å². The van der Waals surface area contributed by atoms with Crippen LogP contribution in [0.5, 0.6) is 0 Å². The van der Waals surface area contributed by atoms with Crippen molar-refractivity contribution in [2.45, 2.75) is 13.8 Å². The largest absolute Gasteiger partial charge is 0.320 e. The summed E-state index contributed by atoms with van der Waals surface area (Å²) in [7, 11) is 0. The van der Waals surface area contributed by atoms with E-state index in [1.165, 1.54) is 12.1 Å². The van der Waals surface area contributed by atoms with Gasteiger partial charge in [-0.05, 0) is 23.5 Å². The summed E-state index contributed by atoms with van der Waals surface area (Å²) < 4.78 is 0.120. The number of nitro groups is 1. The number of nitrogens with zero attached hydrogens (tertiary/aromatic N) is 1. The van der Waals surface area contributed by atoms with Crippen LogP contribution in [-0.4, -0.2) is 10.8 Å². The van der Waals surface area contributed by atoms with E-state index in [1.807, 2.05) is 13.8 Å². The zero-order chi connectivity index (χ0) is 15.8. The van der Waals surface area contributed by atoms with Crippen LogP contribution in [-0.2, 0) is 4.79 Å². The van der Waals surface area contributed by atoms with E-state index >= 15 is 0 Å². The Labute approximate surface area is 132 Å². The van der Waals surface area contributed by atoms with Crippen molar-refractivity contribution in [1.29, 1.82) is 0 Å². The Morgan fingerprint density at radius 2 is 2.00 bits per heavy atom. The van der Waals surface area contributed by atoms with Crippen molar-refractivity contribution in [3.63, 3.8) is 0 Å². The second-order valence-corrected chi connectivity index (χ2v) is 6.55. The molecule has 1 fully saturated rings. The van der Waals surface area contributed by atoms with Crippen LogP contribution in [0.1, 0.15) is 13.8 Å². The number of anilines is 1. The van der Waals surface area contributed by atoms with Crippen LogP contribution in [0.3, 0.4) is 0 Å². The molecule has 112 valence electrons. The third-order valence-electron chi connectivity index (χ3n) is 3.86. The SMILES string of the molecule is CC1(C)C(C=C(Cl)Cl)C1C(=O)Nc1ccccc1[N+](=O)[O-]. The number of nitrogens with one attached hydrogen (secondary N) is 1. The number of nitro benzene ring substituents is 1. The predicted molar refractivity (Wildman–Crippen MR) is 82.3 cm³/mol. The summed E-state index contributed by atoms with van der Waals surface area (Å²) in [5.41, 5.74) is -0.218. The number of hydrogen-bond donors (Lipinski definition) is 1. The van der Waals surface area contributed by atoms with Crippen molar-refractivity contribution in [2.24, 2.45) is 17.3 Å². The molecule has 1 N–H and O–H groups in total. The molecule has 2 unspecified atom stereocenters. The Kier molecular flexibility index (Phi) is 4.25. The van der Waals surface area contributed by atoms with E-state index in [1.54, 1.807) is 18.2 Å². The van der Waals surface area contributed by atoms with Gasteiger partial charge < -0.3 is 5.32 Å². The third-order valence-corrected chi connectivity index (χ3v) is 4.11. The van der Waals surface area contributed by atoms with Gasteiger partial charge in [0.25, 0.3) is 5.69 Å². The van der Waals surface area contributed by atoms with E-state index in [0.29, 0.717) is 0 Å². The van der Waals surface area contributed by atoms with Gasteiger partial charge in [0.2, 0.25) is 5.91 Å². The average molecular weight is 329 g/mol. The first kappa shape index (κ1) is 15.8. The van der Waals surface area contributed by atoms with Gasteiger partial charge in [-0.2, -0.15) is 0 Å². The molecule has 2 atom stereocenters. The maximum Gasteiger partial charge on any atom is 0.292 e. The van der Waals surface area contributed by atoms with Gasteiger partial charge in [0, 0.05) is 6.07 Å². The molecule has 1 aliphatic rings. The molecule has 2 rings (SSSR count). The van der Waals surface area contributed by atoms with Gasteiger partial charge in [0.15, 0.2) is 0 Å². The van der Waals surface area contributed by atoms with Gasteiger partial charge in [0.05, 0.1) is 10.8 Å². The molecule has 0 aliphatic heterocycles. The second-order valence-electron chi connectivity index (χ2n) is 5.54. The molecule has 7 heteroatoms. The lowest BCUT2D eigenvalue weighted by molar-refractivity contribution is -0.383. The minimum absolute atomic E-state index is 0.0785. The fraction of sp³-hybridized carbons (Fsp3) is 0.357. The minimum Gasteiger partial charge on any atom is -0.320 e. The number of carbonyl (C=O) groups excluding carboxylic acids is 1. The summed E-state index contributed by atoms with van der Waals surface area (Å²) in [6.45, 7) is 3.85. The van der Waals surface area contributed by atoms with E-state index in [0.717, 1.165) is 0 Å². The van der Waals surface area contributed by atoms with Crippen molar-refractivity contribution in [1.82, 2.24) is 0 Å². The molecule has 0 bridgehead atoms. The summed E-state index contributed by atoms with van der Waals surface area (Å²) in [6.07, 6.45) is 1.63. The summed E-state index contributed by atoms with van der Waals surface area (Å²) in [4.78, 5) is 22.7. The van der Waals surface area contributed by atoms with Crippen LogP contribution in [0.25, 0.3) is 0 Å². The quantitative estimate of drug-likeness (QED) is 0.667. The monoisotopic (exact) mass is 328 g/mol. The predicted octanol–water partition coefficient (Wildman–Crippen LogP) is 4.12. The molecule has 0 radical (unpaired) electrons. The molecule has 1 saturated carbocycles. The van der Waals surface area contributed by atoms with Gasteiger partial charge in [-0.3, -0.25) is 14.9 Å². The highest BCUT2D eigenvalue weighted by Gasteiger charge is 2.60. The van der Waals surface area contributed by atoms with E-state index in [9.17, 15) is 14.9 Å². The van der Waals surface area contributed by atoms with E-state index in [4.69, 9.17) is 23.2 Å². The van der Waals surface area contributed by atoms with Crippen LogP contribution < -0.4 is 5.32 Å². The van der Waals surface area contributed by atoms with Gasteiger partial charge >= 0.3 is 0 Å². The zero-order valence-electron chi connectivity index (χ0n) is 11.5. The van der Waals surface area contributed by atoms with Crippen molar-refractivity contribution in [2.75, 3.05) is 5.32 Å². The number of para-hydroxylation sites is 2. The zero-order valence-corrected chi connectivity index (χ0v) is 13.0. The smallest absolute Gasteiger partial charge is 0.292 e. The lowest BCUT2D eigenvalue weighted by atomic mass is 10.1. The molecular weight excluding hydrogens is 315 g/mol. The summed E-state index contributed by atoms with van der Waals surface area (Å²) in [5.74, 6) is -0.666. The van der Waals surface area contributed by atoms with Crippen molar-refractivity contribution >= 4 is 40.5 Å². The Bertz CT molecular complexity index is 624. The number of hydrogen-bond acceptors (Lipinski definition) is 3. The van der Waals surface area contributed by atoms with Crippen molar-refractivity contribution in [3.05, 3.63) is 44.9 Å². The molecule has 0 saturated heterocycles. The molecular formula is C14H14Cl2N2O3. The Morgan fingerprint density at radius 1 is 1.38 bits per heavy atom. The van der Waals surface area contributed by atoms with E-state index in [-0.39, 0.29) is 39.0 Å². The summed E-state index contributed by atoms with van der Waals surface area (Å²) >= 11 is 11.3. The minimum atomic E-state index is -0.527. The summed E-state index contributed by atoms with van der Waals surface area (Å²) in [5, 5.41) is 13.6. The fourth-order valence-corrected chi connectivity index (χ4v) is 2.85. The first-order chi connectivity index (χ1) is 9.75. The topological polar surface area (TPSA) is 72.2 Å². The Hall–Kier alpha value is -1.59. The van der Waals surface area contributed by atoms with Gasteiger partial charge in [-0.1, -0.05) is 49.2 Å². The van der Waals surface area contributed by atoms with Crippen LogP contribution in [0, 0.1) is 27.4 Å². The van der Waals surface area contributed by atoms with Crippen LogP contribution >= 0.6 is 23.2 Å². The molecule has 0 spiro atoms. The normalized spacial score (nSPS) is 22.3.